The second-order valence-corrected chi connectivity index (χ2v) is 7.08. The van der Waals surface area contributed by atoms with Crippen LogP contribution in [0.3, 0.4) is 0 Å². The van der Waals surface area contributed by atoms with E-state index in [4.69, 9.17) is 0 Å². The van der Waals surface area contributed by atoms with E-state index in [1.165, 1.54) is 56.5 Å². The molecule has 2 fully saturated rings. The molecule has 0 amide bonds. The number of rotatable bonds is 4. The van der Waals surface area contributed by atoms with Crippen LogP contribution in [0.1, 0.15) is 58.3 Å². The second kappa shape index (κ2) is 6.82. The van der Waals surface area contributed by atoms with Gasteiger partial charge in [0.2, 0.25) is 0 Å². The van der Waals surface area contributed by atoms with Gasteiger partial charge in [-0.25, -0.2) is 0 Å². The number of carbonyl (C=O) groups is 1. The molecule has 0 aromatic carbocycles. The SMILES string of the molecule is CCC1CCC(C(=O)CC2CCSCC2)CC1. The monoisotopic (exact) mass is 254 g/mol. The summed E-state index contributed by atoms with van der Waals surface area (Å²) in [6.07, 6.45) is 9.71. The van der Waals surface area contributed by atoms with Gasteiger partial charge in [0, 0.05) is 12.3 Å². The van der Waals surface area contributed by atoms with Gasteiger partial charge in [-0.3, -0.25) is 4.79 Å². The number of hydrogen-bond acceptors (Lipinski definition) is 2. The Balaban J connectivity index is 1.72. The Morgan fingerprint density at radius 2 is 1.65 bits per heavy atom. The highest BCUT2D eigenvalue weighted by molar-refractivity contribution is 7.99. The van der Waals surface area contributed by atoms with Crippen molar-refractivity contribution in [1.82, 2.24) is 0 Å². The average molecular weight is 254 g/mol. The molecule has 0 atom stereocenters. The number of hydrogen-bond donors (Lipinski definition) is 0. The van der Waals surface area contributed by atoms with Crippen molar-refractivity contribution in [3.63, 3.8) is 0 Å². The van der Waals surface area contributed by atoms with Crippen LogP contribution in [-0.2, 0) is 4.79 Å². The third-order valence-corrected chi connectivity index (χ3v) is 5.76. The summed E-state index contributed by atoms with van der Waals surface area (Å²) < 4.78 is 0. The highest BCUT2D eigenvalue weighted by atomic mass is 32.2. The molecule has 0 spiro atoms. The van der Waals surface area contributed by atoms with Gasteiger partial charge in [-0.05, 0) is 61.9 Å². The van der Waals surface area contributed by atoms with Crippen LogP contribution in [0.4, 0.5) is 0 Å². The minimum Gasteiger partial charge on any atom is -0.299 e. The summed E-state index contributed by atoms with van der Waals surface area (Å²) in [6, 6.07) is 0. The first-order valence-corrected chi connectivity index (χ1v) is 8.55. The summed E-state index contributed by atoms with van der Waals surface area (Å²) in [4.78, 5) is 12.3. The van der Waals surface area contributed by atoms with E-state index in [0.717, 1.165) is 12.3 Å². The Labute approximate surface area is 110 Å². The average Bonchev–Trinajstić information content (AvgIpc) is 2.40. The van der Waals surface area contributed by atoms with E-state index in [-0.39, 0.29) is 0 Å². The molecule has 1 aliphatic heterocycles. The third kappa shape index (κ3) is 4.01. The van der Waals surface area contributed by atoms with E-state index in [0.29, 0.717) is 17.6 Å². The molecule has 98 valence electrons. The van der Waals surface area contributed by atoms with Crippen LogP contribution in [0.25, 0.3) is 0 Å². The van der Waals surface area contributed by atoms with Crippen LogP contribution < -0.4 is 0 Å². The fourth-order valence-electron chi connectivity index (χ4n) is 3.29. The number of ketones is 1. The van der Waals surface area contributed by atoms with Crippen LogP contribution in [-0.4, -0.2) is 17.3 Å². The van der Waals surface area contributed by atoms with Crippen LogP contribution in [0.5, 0.6) is 0 Å². The van der Waals surface area contributed by atoms with Gasteiger partial charge in [0.25, 0.3) is 0 Å². The van der Waals surface area contributed by atoms with Crippen molar-refractivity contribution in [2.45, 2.75) is 58.3 Å². The second-order valence-electron chi connectivity index (χ2n) is 5.85. The van der Waals surface area contributed by atoms with Crippen molar-refractivity contribution in [3.05, 3.63) is 0 Å². The maximum Gasteiger partial charge on any atom is 0.136 e. The summed E-state index contributed by atoms with van der Waals surface area (Å²) in [5.41, 5.74) is 0. The molecule has 2 aliphatic rings. The van der Waals surface area contributed by atoms with Crippen molar-refractivity contribution in [1.29, 1.82) is 0 Å². The largest absolute Gasteiger partial charge is 0.299 e. The highest BCUT2D eigenvalue weighted by Gasteiger charge is 2.27. The predicted octanol–water partition coefficient (Wildman–Crippen LogP) is 4.31. The number of Topliss-reactive ketones (excluding diaryl/α,β-unsaturated/α-hetero) is 1. The maximum absolute atomic E-state index is 12.3. The van der Waals surface area contributed by atoms with Crippen molar-refractivity contribution >= 4 is 17.5 Å². The molecule has 0 radical (unpaired) electrons. The van der Waals surface area contributed by atoms with E-state index >= 15 is 0 Å². The van der Waals surface area contributed by atoms with Gasteiger partial charge >= 0.3 is 0 Å². The van der Waals surface area contributed by atoms with E-state index in [1.807, 2.05) is 0 Å². The zero-order valence-corrected chi connectivity index (χ0v) is 11.9. The summed E-state index contributed by atoms with van der Waals surface area (Å²) in [5, 5.41) is 0. The number of carbonyl (C=O) groups excluding carboxylic acids is 1. The predicted molar refractivity (Wildman–Crippen MR) is 75.4 cm³/mol. The fraction of sp³-hybridized carbons (Fsp3) is 0.933. The minimum atomic E-state index is 0.423. The summed E-state index contributed by atoms with van der Waals surface area (Å²) in [7, 11) is 0. The Morgan fingerprint density at radius 3 is 2.24 bits per heavy atom. The van der Waals surface area contributed by atoms with Crippen LogP contribution >= 0.6 is 11.8 Å². The molecular weight excluding hydrogens is 228 g/mol. The first kappa shape index (κ1) is 13.5. The normalized spacial score (nSPS) is 31.4. The van der Waals surface area contributed by atoms with E-state index in [1.54, 1.807) is 0 Å². The molecule has 0 aromatic heterocycles. The zero-order valence-electron chi connectivity index (χ0n) is 11.1. The molecule has 1 saturated carbocycles. The van der Waals surface area contributed by atoms with Crippen LogP contribution in [0.15, 0.2) is 0 Å². The Kier molecular flexibility index (Phi) is 5.40. The molecule has 0 aromatic rings. The first-order valence-electron chi connectivity index (χ1n) is 7.40. The highest BCUT2D eigenvalue weighted by Crippen LogP contribution is 2.34. The topological polar surface area (TPSA) is 17.1 Å². The quantitative estimate of drug-likeness (QED) is 0.744. The van der Waals surface area contributed by atoms with Crippen LogP contribution in [0, 0.1) is 17.8 Å². The molecule has 0 N–H and O–H groups in total. The molecule has 2 rings (SSSR count). The van der Waals surface area contributed by atoms with Gasteiger partial charge in [-0.15, -0.1) is 0 Å². The Bertz CT molecular complexity index is 237. The molecule has 0 bridgehead atoms. The Hall–Kier alpha value is 0.0200. The van der Waals surface area contributed by atoms with Crippen LogP contribution in [0.2, 0.25) is 0 Å². The fourth-order valence-corrected chi connectivity index (χ4v) is 4.50. The lowest BCUT2D eigenvalue weighted by atomic mass is 9.77. The van der Waals surface area contributed by atoms with E-state index < -0.39 is 0 Å². The lowest BCUT2D eigenvalue weighted by molar-refractivity contribution is -0.125. The van der Waals surface area contributed by atoms with Crippen molar-refractivity contribution in [2.75, 3.05) is 11.5 Å². The molecule has 0 unspecified atom stereocenters. The molecule has 1 saturated heterocycles. The number of thioether (sulfide) groups is 1. The Morgan fingerprint density at radius 1 is 1.00 bits per heavy atom. The summed E-state index contributed by atoms with van der Waals surface area (Å²) in [5.74, 6) is 5.20. The molecule has 1 heterocycles. The molecule has 1 aliphatic carbocycles. The molecular formula is C15H26OS. The molecule has 2 heteroatoms. The smallest absolute Gasteiger partial charge is 0.136 e. The van der Waals surface area contributed by atoms with Crippen molar-refractivity contribution in [3.8, 4) is 0 Å². The standard InChI is InChI=1S/C15H26OS/c1-2-12-3-5-14(6-4-12)15(16)11-13-7-9-17-10-8-13/h12-14H,2-11H2,1H3. The van der Waals surface area contributed by atoms with E-state index in [2.05, 4.69) is 18.7 Å². The van der Waals surface area contributed by atoms with Gasteiger partial charge < -0.3 is 0 Å². The van der Waals surface area contributed by atoms with Gasteiger partial charge in [0.1, 0.15) is 5.78 Å². The van der Waals surface area contributed by atoms with Crippen molar-refractivity contribution < 1.29 is 4.79 Å². The summed E-state index contributed by atoms with van der Waals surface area (Å²) >= 11 is 2.05. The van der Waals surface area contributed by atoms with Gasteiger partial charge in [0.15, 0.2) is 0 Å². The van der Waals surface area contributed by atoms with Gasteiger partial charge in [-0.2, -0.15) is 11.8 Å². The third-order valence-electron chi connectivity index (χ3n) is 4.71. The maximum atomic E-state index is 12.3. The minimum absolute atomic E-state index is 0.423. The van der Waals surface area contributed by atoms with Gasteiger partial charge in [-0.1, -0.05) is 13.3 Å². The zero-order chi connectivity index (χ0) is 12.1. The molecule has 17 heavy (non-hydrogen) atoms. The van der Waals surface area contributed by atoms with Gasteiger partial charge in [0.05, 0.1) is 0 Å². The lowest BCUT2D eigenvalue weighted by Gasteiger charge is -2.28. The molecule has 1 nitrogen and oxygen atoms in total. The van der Waals surface area contributed by atoms with Crippen molar-refractivity contribution in [2.24, 2.45) is 17.8 Å². The first-order chi connectivity index (χ1) is 8.29. The van der Waals surface area contributed by atoms with E-state index in [9.17, 15) is 4.79 Å². The summed E-state index contributed by atoms with van der Waals surface area (Å²) in [6.45, 7) is 2.28. The lowest BCUT2D eigenvalue weighted by Crippen LogP contribution is -2.24.